The summed E-state index contributed by atoms with van der Waals surface area (Å²) >= 11 is 0. The number of amides is 1. The Labute approximate surface area is 155 Å². The van der Waals surface area contributed by atoms with E-state index in [-0.39, 0.29) is 11.7 Å². The first-order chi connectivity index (χ1) is 13.0. The van der Waals surface area contributed by atoms with Crippen molar-refractivity contribution in [2.75, 3.05) is 5.32 Å². The van der Waals surface area contributed by atoms with Crippen LogP contribution in [-0.2, 0) is 6.42 Å². The lowest BCUT2D eigenvalue weighted by atomic mass is 10.0. The van der Waals surface area contributed by atoms with E-state index in [2.05, 4.69) is 15.0 Å². The number of aryl methyl sites for hydroxylation is 1. The van der Waals surface area contributed by atoms with Crippen LogP contribution >= 0.6 is 0 Å². The van der Waals surface area contributed by atoms with E-state index in [0.29, 0.717) is 23.2 Å². The molecule has 0 aliphatic heterocycles. The lowest BCUT2D eigenvalue weighted by molar-refractivity contribution is -0.0503. The zero-order valence-electron chi connectivity index (χ0n) is 14.7. The van der Waals surface area contributed by atoms with Crippen LogP contribution in [0.4, 0.5) is 14.5 Å². The number of nitrogens with one attached hydrogen (secondary N) is 1. The summed E-state index contributed by atoms with van der Waals surface area (Å²) in [5.74, 6) is -0.237. The molecule has 0 fully saturated rings. The van der Waals surface area contributed by atoms with E-state index in [4.69, 9.17) is 0 Å². The first-order valence-electron chi connectivity index (χ1n) is 8.37. The van der Waals surface area contributed by atoms with Gasteiger partial charge in [0.05, 0.1) is 5.56 Å². The average molecular weight is 368 g/mol. The van der Waals surface area contributed by atoms with Gasteiger partial charge >= 0.3 is 6.61 Å². The molecule has 0 atom stereocenters. The second-order valence-corrected chi connectivity index (χ2v) is 6.01. The highest BCUT2D eigenvalue weighted by Crippen LogP contribution is 2.27. The van der Waals surface area contributed by atoms with Crippen LogP contribution in [0.3, 0.4) is 0 Å². The zero-order valence-corrected chi connectivity index (χ0v) is 14.7. The third kappa shape index (κ3) is 5.10. The molecule has 0 saturated heterocycles. The van der Waals surface area contributed by atoms with Gasteiger partial charge in [0.2, 0.25) is 0 Å². The topological polar surface area (TPSA) is 51.2 Å². The largest absolute Gasteiger partial charge is 0.435 e. The van der Waals surface area contributed by atoms with Crippen molar-refractivity contribution >= 4 is 11.6 Å². The second kappa shape index (κ2) is 8.40. The number of carbonyl (C=O) groups is 1. The van der Waals surface area contributed by atoms with Crippen LogP contribution in [0.5, 0.6) is 5.75 Å². The molecule has 27 heavy (non-hydrogen) atoms. The van der Waals surface area contributed by atoms with E-state index < -0.39 is 6.61 Å². The van der Waals surface area contributed by atoms with Crippen molar-refractivity contribution < 1.29 is 18.3 Å². The Morgan fingerprint density at radius 3 is 2.56 bits per heavy atom. The van der Waals surface area contributed by atoms with Crippen molar-refractivity contribution in [2.24, 2.45) is 0 Å². The Bertz CT molecular complexity index is 913. The van der Waals surface area contributed by atoms with Crippen LogP contribution in [0.1, 0.15) is 27.2 Å². The standard InChI is InChI=1S/C21H18F2N2O2/c1-14-7-8-16(13-24-14)20(26)25-18-9-10-19(27-21(22)23)17(12-18)11-15-5-3-2-4-6-15/h2-10,12-13,21H,11H2,1H3,(H,25,26). The van der Waals surface area contributed by atoms with E-state index in [0.717, 1.165) is 11.3 Å². The molecule has 3 rings (SSSR count). The Kier molecular flexibility index (Phi) is 5.76. The first kappa shape index (κ1) is 18.5. The molecule has 4 nitrogen and oxygen atoms in total. The number of hydrogen-bond acceptors (Lipinski definition) is 3. The number of nitrogens with zero attached hydrogens (tertiary/aromatic N) is 1. The quantitative estimate of drug-likeness (QED) is 0.678. The maximum absolute atomic E-state index is 12.7. The Morgan fingerprint density at radius 2 is 1.89 bits per heavy atom. The highest BCUT2D eigenvalue weighted by atomic mass is 19.3. The van der Waals surface area contributed by atoms with Crippen molar-refractivity contribution in [1.29, 1.82) is 0 Å². The van der Waals surface area contributed by atoms with Crippen molar-refractivity contribution in [3.63, 3.8) is 0 Å². The third-order valence-corrected chi connectivity index (χ3v) is 3.95. The van der Waals surface area contributed by atoms with Crippen molar-refractivity contribution in [1.82, 2.24) is 4.98 Å². The van der Waals surface area contributed by atoms with Gasteiger partial charge in [-0.15, -0.1) is 0 Å². The number of aromatic nitrogens is 1. The first-order valence-corrected chi connectivity index (χ1v) is 8.37. The molecule has 0 radical (unpaired) electrons. The molecule has 0 spiro atoms. The summed E-state index contributed by atoms with van der Waals surface area (Å²) in [5, 5.41) is 2.76. The molecule has 0 aliphatic rings. The summed E-state index contributed by atoms with van der Waals surface area (Å²) < 4.78 is 30.0. The molecule has 1 heterocycles. The minimum absolute atomic E-state index is 0.0869. The van der Waals surface area contributed by atoms with Crippen LogP contribution < -0.4 is 10.1 Å². The van der Waals surface area contributed by atoms with Gasteiger partial charge in [0, 0.05) is 29.6 Å². The predicted molar refractivity (Wildman–Crippen MR) is 99.2 cm³/mol. The Hall–Kier alpha value is -3.28. The molecule has 1 aromatic heterocycles. The molecule has 1 amide bonds. The molecule has 1 N–H and O–H groups in total. The number of hydrogen-bond donors (Lipinski definition) is 1. The summed E-state index contributed by atoms with van der Waals surface area (Å²) in [6, 6.07) is 17.5. The van der Waals surface area contributed by atoms with Gasteiger partial charge in [-0.3, -0.25) is 9.78 Å². The van der Waals surface area contributed by atoms with E-state index in [9.17, 15) is 13.6 Å². The van der Waals surface area contributed by atoms with Gasteiger partial charge in [-0.25, -0.2) is 0 Å². The van der Waals surface area contributed by atoms with Crippen LogP contribution in [0.15, 0.2) is 66.9 Å². The number of ether oxygens (including phenoxy) is 1. The normalized spacial score (nSPS) is 10.7. The number of alkyl halides is 2. The summed E-state index contributed by atoms with van der Waals surface area (Å²) in [6.07, 6.45) is 1.89. The summed E-state index contributed by atoms with van der Waals surface area (Å²) in [5.41, 5.74) is 3.22. The molecular weight excluding hydrogens is 350 g/mol. The maximum Gasteiger partial charge on any atom is 0.387 e. The van der Waals surface area contributed by atoms with Gasteiger partial charge < -0.3 is 10.1 Å². The third-order valence-electron chi connectivity index (χ3n) is 3.95. The van der Waals surface area contributed by atoms with Crippen LogP contribution in [-0.4, -0.2) is 17.5 Å². The molecule has 0 aliphatic carbocycles. The highest BCUT2D eigenvalue weighted by molar-refractivity contribution is 6.04. The molecular formula is C21H18F2N2O2. The smallest absolute Gasteiger partial charge is 0.387 e. The Balaban J connectivity index is 1.84. The van der Waals surface area contributed by atoms with Crippen molar-refractivity contribution in [2.45, 2.75) is 20.0 Å². The maximum atomic E-state index is 12.7. The molecule has 0 bridgehead atoms. The van der Waals surface area contributed by atoms with Crippen LogP contribution in [0.2, 0.25) is 0 Å². The van der Waals surface area contributed by atoms with Crippen molar-refractivity contribution in [3.8, 4) is 5.75 Å². The lowest BCUT2D eigenvalue weighted by Crippen LogP contribution is -2.13. The summed E-state index contributed by atoms with van der Waals surface area (Å²) in [4.78, 5) is 16.5. The van der Waals surface area contributed by atoms with Gasteiger partial charge in [-0.1, -0.05) is 30.3 Å². The number of anilines is 1. The molecule has 0 unspecified atom stereocenters. The monoisotopic (exact) mass is 368 g/mol. The molecule has 2 aromatic carbocycles. The van der Waals surface area contributed by atoms with E-state index in [1.165, 1.54) is 18.3 Å². The van der Waals surface area contributed by atoms with E-state index in [1.807, 2.05) is 37.3 Å². The number of halogens is 2. The molecule has 138 valence electrons. The fraction of sp³-hybridized carbons (Fsp3) is 0.143. The summed E-state index contributed by atoms with van der Waals surface area (Å²) in [7, 11) is 0. The van der Waals surface area contributed by atoms with Gasteiger partial charge in [-0.05, 0) is 42.8 Å². The molecule has 3 aromatic rings. The highest BCUT2D eigenvalue weighted by Gasteiger charge is 2.13. The van der Waals surface area contributed by atoms with Gasteiger partial charge in [0.15, 0.2) is 0 Å². The average Bonchev–Trinajstić information content (AvgIpc) is 2.65. The minimum Gasteiger partial charge on any atom is -0.435 e. The van der Waals surface area contributed by atoms with Crippen molar-refractivity contribution in [3.05, 3.63) is 89.2 Å². The van der Waals surface area contributed by atoms with E-state index in [1.54, 1.807) is 18.2 Å². The number of benzene rings is 2. The SMILES string of the molecule is Cc1ccc(C(=O)Nc2ccc(OC(F)F)c(Cc3ccccc3)c2)cn1. The fourth-order valence-electron chi connectivity index (χ4n) is 2.63. The second-order valence-electron chi connectivity index (χ2n) is 6.01. The van der Waals surface area contributed by atoms with Gasteiger partial charge in [0.1, 0.15) is 5.75 Å². The molecule has 0 saturated carbocycles. The lowest BCUT2D eigenvalue weighted by Gasteiger charge is -2.13. The van der Waals surface area contributed by atoms with Crippen LogP contribution in [0.25, 0.3) is 0 Å². The van der Waals surface area contributed by atoms with Crippen LogP contribution in [0, 0.1) is 6.92 Å². The minimum atomic E-state index is -2.92. The number of rotatable bonds is 6. The molecule has 6 heteroatoms. The summed E-state index contributed by atoms with van der Waals surface area (Å²) in [6.45, 7) is -1.09. The van der Waals surface area contributed by atoms with Gasteiger partial charge in [-0.2, -0.15) is 8.78 Å². The Morgan fingerprint density at radius 1 is 1.11 bits per heavy atom. The number of carbonyl (C=O) groups excluding carboxylic acids is 1. The van der Waals surface area contributed by atoms with Gasteiger partial charge in [0.25, 0.3) is 5.91 Å². The zero-order chi connectivity index (χ0) is 19.2. The van der Waals surface area contributed by atoms with E-state index >= 15 is 0 Å². The number of pyridine rings is 1. The fourth-order valence-corrected chi connectivity index (χ4v) is 2.63. The predicted octanol–water partition coefficient (Wildman–Crippen LogP) is 4.83.